The number of nitrogens with zero attached hydrogens (tertiary/aromatic N) is 6. The van der Waals surface area contributed by atoms with Crippen molar-refractivity contribution in [1.82, 2.24) is 29.4 Å². The molecule has 13 heteroatoms. The molecule has 0 unspecified atom stereocenters. The highest BCUT2D eigenvalue weighted by molar-refractivity contribution is 7.21. The summed E-state index contributed by atoms with van der Waals surface area (Å²) < 4.78 is 23.2. The van der Waals surface area contributed by atoms with Crippen molar-refractivity contribution >= 4 is 27.5 Å². The fourth-order valence-electron chi connectivity index (χ4n) is 4.93. The molecular formula is C30H36FN7O4S. The van der Waals surface area contributed by atoms with Gasteiger partial charge in [-0.15, -0.1) is 4.80 Å². The molecular weight excluding hydrogens is 573 g/mol. The molecule has 228 valence electrons. The van der Waals surface area contributed by atoms with E-state index < -0.39 is 40.5 Å². The van der Waals surface area contributed by atoms with Gasteiger partial charge in [0.1, 0.15) is 27.3 Å². The lowest BCUT2D eigenvalue weighted by Crippen LogP contribution is -2.56. The van der Waals surface area contributed by atoms with Crippen LogP contribution in [0.2, 0.25) is 0 Å². The molecule has 0 fully saturated rings. The number of nitrogens with one attached hydrogen (secondary N) is 1. The summed E-state index contributed by atoms with van der Waals surface area (Å²) in [5.41, 5.74) is -1.02. The summed E-state index contributed by atoms with van der Waals surface area (Å²) in [5.74, 6) is -1.43. The third kappa shape index (κ3) is 6.16. The van der Waals surface area contributed by atoms with Crippen LogP contribution in [0.3, 0.4) is 0 Å². The first-order valence-electron chi connectivity index (χ1n) is 14.1. The highest BCUT2D eigenvalue weighted by Gasteiger charge is 2.36. The lowest BCUT2D eigenvalue weighted by molar-refractivity contribution is -0.129. The number of thiophene rings is 1. The lowest BCUT2D eigenvalue weighted by atomic mass is 9.99. The second-order valence-electron chi connectivity index (χ2n) is 11.3. The van der Waals surface area contributed by atoms with Crippen molar-refractivity contribution in [2.24, 2.45) is 5.92 Å². The van der Waals surface area contributed by atoms with Crippen LogP contribution in [0.4, 0.5) is 4.39 Å². The molecule has 11 nitrogen and oxygen atoms in total. The van der Waals surface area contributed by atoms with Crippen LogP contribution in [-0.4, -0.2) is 42.7 Å². The third-order valence-electron chi connectivity index (χ3n) is 7.27. The second kappa shape index (κ2) is 12.6. The van der Waals surface area contributed by atoms with E-state index in [4.69, 9.17) is 4.74 Å². The first-order valence-corrected chi connectivity index (χ1v) is 14.9. The molecule has 0 saturated heterocycles. The number of aryl methyl sites for hydroxylation is 2. The average Bonchev–Trinajstić information content (AvgIpc) is 3.60. The molecule has 0 spiro atoms. The minimum atomic E-state index is -1.56. The maximum Gasteiger partial charge on any atom is 0.333 e. The van der Waals surface area contributed by atoms with Gasteiger partial charge in [-0.2, -0.15) is 15.5 Å². The molecule has 43 heavy (non-hydrogen) atoms. The van der Waals surface area contributed by atoms with Gasteiger partial charge >= 0.3 is 5.69 Å². The van der Waals surface area contributed by atoms with Crippen molar-refractivity contribution in [3.05, 3.63) is 73.9 Å². The predicted octanol–water partition coefficient (Wildman–Crippen LogP) is 3.99. The van der Waals surface area contributed by atoms with Gasteiger partial charge in [-0.1, -0.05) is 24.3 Å². The molecule has 1 aromatic carbocycles. The van der Waals surface area contributed by atoms with Crippen molar-refractivity contribution in [3.8, 4) is 11.1 Å². The number of benzene rings is 1. The molecule has 4 aromatic rings. The van der Waals surface area contributed by atoms with Crippen LogP contribution in [-0.2, 0) is 28.0 Å². The molecule has 1 amide bonds. The zero-order valence-corrected chi connectivity index (χ0v) is 26.2. The zero-order valence-electron chi connectivity index (χ0n) is 25.3. The van der Waals surface area contributed by atoms with Crippen molar-refractivity contribution in [1.29, 1.82) is 5.26 Å². The smallest absolute Gasteiger partial charge is 0.333 e. The van der Waals surface area contributed by atoms with Crippen LogP contribution >= 0.6 is 11.3 Å². The molecule has 0 radical (unpaired) electrons. The van der Waals surface area contributed by atoms with Crippen LogP contribution in [0.5, 0.6) is 0 Å². The maximum absolute atomic E-state index is 14.6. The number of carbonyl (C=O) groups is 1. The topological polar surface area (TPSA) is 137 Å². The number of hydrogen-bond donors (Lipinski definition) is 1. The van der Waals surface area contributed by atoms with E-state index in [1.54, 1.807) is 33.8 Å². The Bertz CT molecular complexity index is 1800. The zero-order chi connectivity index (χ0) is 31.6. The molecule has 4 rings (SSSR count). The third-order valence-corrected chi connectivity index (χ3v) is 8.55. The maximum atomic E-state index is 14.6. The fraction of sp³-hybridized carbons (Fsp3) is 0.467. The van der Waals surface area contributed by atoms with E-state index in [-0.39, 0.29) is 24.6 Å². The Morgan fingerprint density at radius 2 is 1.88 bits per heavy atom. The Morgan fingerprint density at radius 3 is 2.49 bits per heavy atom. The summed E-state index contributed by atoms with van der Waals surface area (Å²) in [6, 6.07) is 6.32. The number of aromatic nitrogens is 5. The van der Waals surface area contributed by atoms with Crippen molar-refractivity contribution < 1.29 is 13.9 Å². The quantitative estimate of drug-likeness (QED) is 0.272. The van der Waals surface area contributed by atoms with E-state index in [0.29, 0.717) is 27.4 Å². The van der Waals surface area contributed by atoms with E-state index in [1.165, 1.54) is 47.7 Å². The number of halogens is 1. The van der Waals surface area contributed by atoms with Crippen LogP contribution in [0.25, 0.3) is 15.2 Å². The van der Waals surface area contributed by atoms with Gasteiger partial charge < -0.3 is 10.1 Å². The molecule has 0 bridgehead atoms. The first kappa shape index (κ1) is 31.8. The number of hydrogen-bond acceptors (Lipinski definition) is 8. The molecule has 0 aliphatic carbocycles. The molecule has 1 N–H and O–H groups in total. The Morgan fingerprint density at radius 1 is 1.21 bits per heavy atom. The van der Waals surface area contributed by atoms with E-state index in [9.17, 15) is 24.0 Å². The number of ether oxygens (including phenoxy) is 1. The van der Waals surface area contributed by atoms with Crippen LogP contribution < -0.4 is 16.6 Å². The summed E-state index contributed by atoms with van der Waals surface area (Å²) >= 11 is 1.16. The molecule has 3 heterocycles. The minimum absolute atomic E-state index is 0.0343. The van der Waals surface area contributed by atoms with Crippen LogP contribution in [0, 0.1) is 30.0 Å². The van der Waals surface area contributed by atoms with E-state index in [0.717, 1.165) is 21.5 Å². The summed E-state index contributed by atoms with van der Waals surface area (Å²) in [4.78, 5) is 43.5. The van der Waals surface area contributed by atoms with E-state index in [2.05, 4.69) is 21.6 Å². The molecule has 0 aliphatic heterocycles. The van der Waals surface area contributed by atoms with E-state index in [1.807, 2.05) is 6.92 Å². The number of carbonyl (C=O) groups excluding carboxylic acids is 1. The summed E-state index contributed by atoms with van der Waals surface area (Å²) in [5, 5.41) is 21.4. The van der Waals surface area contributed by atoms with Crippen LogP contribution in [0.1, 0.15) is 64.3 Å². The number of rotatable bonds is 11. The monoisotopic (exact) mass is 609 g/mol. The van der Waals surface area contributed by atoms with Gasteiger partial charge in [0, 0.05) is 11.6 Å². The average molecular weight is 610 g/mol. The number of nitriles is 1. The molecule has 0 saturated carbocycles. The van der Waals surface area contributed by atoms with Crippen molar-refractivity contribution in [3.63, 3.8) is 0 Å². The normalized spacial score (nSPS) is 13.3. The van der Waals surface area contributed by atoms with Gasteiger partial charge in [-0.3, -0.25) is 14.2 Å². The minimum Gasteiger partial charge on any atom is -0.370 e. The molecule has 2 atom stereocenters. The van der Waals surface area contributed by atoms with Crippen molar-refractivity contribution in [2.75, 3.05) is 6.61 Å². The number of amides is 1. The largest absolute Gasteiger partial charge is 0.370 e. The van der Waals surface area contributed by atoms with Crippen molar-refractivity contribution in [2.45, 2.75) is 79.1 Å². The summed E-state index contributed by atoms with van der Waals surface area (Å²) in [6.07, 6.45) is 2.73. The number of fused-ring (bicyclic) bond motifs is 1. The lowest BCUT2D eigenvalue weighted by Gasteiger charge is -2.29. The second-order valence-corrected chi connectivity index (χ2v) is 12.3. The highest BCUT2D eigenvalue weighted by Crippen LogP contribution is 2.33. The van der Waals surface area contributed by atoms with Gasteiger partial charge in [-0.05, 0) is 71.2 Å². The Labute approximate surface area is 252 Å². The predicted molar refractivity (Wildman–Crippen MR) is 162 cm³/mol. The molecule has 0 aliphatic rings. The summed E-state index contributed by atoms with van der Waals surface area (Å²) in [7, 11) is 0. The molecule has 3 aromatic heterocycles. The van der Waals surface area contributed by atoms with Gasteiger partial charge in [0.25, 0.3) is 5.56 Å². The van der Waals surface area contributed by atoms with Gasteiger partial charge in [0.15, 0.2) is 0 Å². The Balaban J connectivity index is 2.03. The van der Waals surface area contributed by atoms with Gasteiger partial charge in [-0.25, -0.2) is 13.8 Å². The Hall–Kier alpha value is -4.15. The van der Waals surface area contributed by atoms with Crippen LogP contribution in [0.15, 0.2) is 40.2 Å². The Kier molecular flexibility index (Phi) is 9.32. The van der Waals surface area contributed by atoms with Gasteiger partial charge in [0.05, 0.1) is 42.9 Å². The highest BCUT2D eigenvalue weighted by atomic mass is 32.1. The SMILES string of the molecule is CCc1ccc(F)cc1[C@H](Cn1c(=O)n(C(C)(C)C(=O)NC(C)C)c(=O)c2c(C)c(-n3nccn3)sc21)OC[C@H](C)C#N. The van der Waals surface area contributed by atoms with Gasteiger partial charge in [0.2, 0.25) is 5.91 Å². The standard InChI is InChI=1S/C30H36FN7O4S/c1-8-20-9-10-21(31)13-22(20)23(42-16-18(4)14-32)15-36-27-24(19(5)26(43-27)38-33-11-12-34-38)25(39)37(29(36)41)30(6,7)28(40)35-17(2)3/h9-13,17-18,23H,8,15-16H2,1-7H3,(H,35,40)/t18-,23+/m1/s1. The fourth-order valence-corrected chi connectivity index (χ4v) is 6.15. The van der Waals surface area contributed by atoms with E-state index >= 15 is 0 Å². The summed E-state index contributed by atoms with van der Waals surface area (Å²) in [6.45, 7) is 11.9. The first-order chi connectivity index (χ1) is 20.3.